The Morgan fingerprint density at radius 1 is 1.35 bits per heavy atom. The van der Waals surface area contributed by atoms with Gasteiger partial charge in [0.2, 0.25) is 0 Å². The molecule has 0 aliphatic rings. The van der Waals surface area contributed by atoms with Crippen LogP contribution in [0.3, 0.4) is 0 Å². The van der Waals surface area contributed by atoms with Gasteiger partial charge in [-0.2, -0.15) is 0 Å². The summed E-state index contributed by atoms with van der Waals surface area (Å²) < 4.78 is 1.84. The summed E-state index contributed by atoms with van der Waals surface area (Å²) in [6, 6.07) is 7.63. The van der Waals surface area contributed by atoms with Gasteiger partial charge in [-0.25, -0.2) is 4.98 Å². The largest absolute Gasteiger partial charge is 0.306 e. The van der Waals surface area contributed by atoms with Crippen molar-refractivity contribution in [1.29, 1.82) is 0 Å². The topological polar surface area (TPSA) is 34.4 Å². The number of benzene rings is 1. The molecule has 0 bridgehead atoms. The highest BCUT2D eigenvalue weighted by atomic mass is 35.5. The third-order valence-corrected chi connectivity index (χ3v) is 3.00. The van der Waals surface area contributed by atoms with Gasteiger partial charge in [-0.05, 0) is 23.6 Å². The molecular weight excluding hydrogens is 236 g/mol. The van der Waals surface area contributed by atoms with Gasteiger partial charge in [0.05, 0.1) is 0 Å². The number of fused-ring (bicyclic) bond motifs is 3. The summed E-state index contributed by atoms with van der Waals surface area (Å²) in [5.74, 6) is -0.0381. The lowest BCUT2D eigenvalue weighted by molar-refractivity contribution is 0.101. The summed E-state index contributed by atoms with van der Waals surface area (Å²) >= 11 is 5.98. The molecule has 2 heterocycles. The van der Waals surface area contributed by atoms with E-state index in [0.29, 0.717) is 10.7 Å². The molecule has 1 aromatic carbocycles. The van der Waals surface area contributed by atoms with Crippen LogP contribution in [-0.2, 0) is 0 Å². The minimum Gasteiger partial charge on any atom is -0.306 e. The van der Waals surface area contributed by atoms with Crippen molar-refractivity contribution in [3.05, 3.63) is 47.4 Å². The molecule has 0 amide bonds. The summed E-state index contributed by atoms with van der Waals surface area (Å²) in [6.07, 6.45) is 3.63. The number of imidazole rings is 1. The first-order valence-electron chi connectivity index (χ1n) is 5.23. The molecule has 0 saturated carbocycles. The molecule has 0 aliphatic carbocycles. The number of nitrogens with zero attached hydrogens (tertiary/aromatic N) is 2. The van der Waals surface area contributed by atoms with Crippen molar-refractivity contribution in [3.8, 4) is 0 Å². The molecule has 0 N–H and O–H groups in total. The van der Waals surface area contributed by atoms with E-state index in [0.717, 1.165) is 16.4 Å². The molecule has 0 unspecified atom stereocenters. The molecule has 4 heteroatoms. The monoisotopic (exact) mass is 244 g/mol. The van der Waals surface area contributed by atoms with Gasteiger partial charge in [0.1, 0.15) is 11.3 Å². The number of carbonyl (C=O) groups excluding carboxylic acids is 1. The van der Waals surface area contributed by atoms with Crippen LogP contribution < -0.4 is 0 Å². The second-order valence-electron chi connectivity index (χ2n) is 3.96. The standard InChI is InChI=1S/C13H9ClN2O/c1-8(17)12-7-16-5-4-9-2-3-10(14)6-11(9)13(16)15-12/h2-7H,1H3. The molecule has 0 spiro atoms. The number of pyridine rings is 1. The van der Waals surface area contributed by atoms with Crippen molar-refractivity contribution < 1.29 is 4.79 Å². The van der Waals surface area contributed by atoms with E-state index >= 15 is 0 Å². The Hall–Kier alpha value is -1.87. The average molecular weight is 245 g/mol. The van der Waals surface area contributed by atoms with Crippen molar-refractivity contribution >= 4 is 33.8 Å². The van der Waals surface area contributed by atoms with E-state index in [1.54, 1.807) is 6.20 Å². The quantitative estimate of drug-likeness (QED) is 0.616. The minimum atomic E-state index is -0.0381. The van der Waals surface area contributed by atoms with Crippen LogP contribution in [-0.4, -0.2) is 15.2 Å². The third kappa shape index (κ3) is 1.59. The Labute approximate surface area is 103 Å². The second-order valence-corrected chi connectivity index (χ2v) is 4.40. The SMILES string of the molecule is CC(=O)c1cn2ccc3ccc(Cl)cc3c2n1. The first-order chi connectivity index (χ1) is 8.15. The Balaban J connectivity index is 2.45. The maximum absolute atomic E-state index is 11.3. The summed E-state index contributed by atoms with van der Waals surface area (Å²) in [6.45, 7) is 1.51. The van der Waals surface area contributed by atoms with Crippen molar-refractivity contribution in [2.24, 2.45) is 0 Å². The Morgan fingerprint density at radius 3 is 2.94 bits per heavy atom. The third-order valence-electron chi connectivity index (χ3n) is 2.76. The van der Waals surface area contributed by atoms with Crippen LogP contribution in [0, 0.1) is 0 Å². The van der Waals surface area contributed by atoms with E-state index < -0.39 is 0 Å². The maximum atomic E-state index is 11.3. The Bertz CT molecular complexity index is 746. The predicted octanol–water partition coefficient (Wildman–Crippen LogP) is 3.34. The van der Waals surface area contributed by atoms with Gasteiger partial charge >= 0.3 is 0 Å². The predicted molar refractivity (Wildman–Crippen MR) is 67.7 cm³/mol. The molecule has 3 rings (SSSR count). The Morgan fingerprint density at radius 2 is 2.18 bits per heavy atom. The minimum absolute atomic E-state index is 0.0381. The van der Waals surface area contributed by atoms with Crippen molar-refractivity contribution in [3.63, 3.8) is 0 Å². The van der Waals surface area contributed by atoms with Gasteiger partial charge in [-0.3, -0.25) is 4.79 Å². The first-order valence-corrected chi connectivity index (χ1v) is 5.61. The fourth-order valence-electron chi connectivity index (χ4n) is 1.90. The summed E-state index contributed by atoms with van der Waals surface area (Å²) in [5.41, 5.74) is 1.23. The van der Waals surface area contributed by atoms with E-state index in [1.807, 2.05) is 34.9 Å². The molecule has 0 atom stereocenters. The van der Waals surface area contributed by atoms with E-state index in [4.69, 9.17) is 11.6 Å². The number of hydrogen-bond acceptors (Lipinski definition) is 2. The van der Waals surface area contributed by atoms with Crippen LogP contribution in [0.4, 0.5) is 0 Å². The van der Waals surface area contributed by atoms with E-state index in [-0.39, 0.29) is 5.78 Å². The highest BCUT2D eigenvalue weighted by molar-refractivity contribution is 6.31. The average Bonchev–Trinajstić information content (AvgIpc) is 2.73. The number of hydrogen-bond donors (Lipinski definition) is 0. The van der Waals surface area contributed by atoms with Crippen LogP contribution in [0.15, 0.2) is 36.7 Å². The lowest BCUT2D eigenvalue weighted by Gasteiger charge is -2.00. The number of halogens is 1. The number of ketones is 1. The van der Waals surface area contributed by atoms with Crippen molar-refractivity contribution in [2.75, 3.05) is 0 Å². The van der Waals surface area contributed by atoms with E-state index in [2.05, 4.69) is 4.98 Å². The van der Waals surface area contributed by atoms with Gasteiger partial charge in [-0.15, -0.1) is 0 Å². The fraction of sp³-hybridized carbons (Fsp3) is 0.0769. The normalized spacial score (nSPS) is 11.2. The first kappa shape index (κ1) is 10.3. The highest BCUT2D eigenvalue weighted by Crippen LogP contribution is 2.23. The van der Waals surface area contributed by atoms with Gasteiger partial charge in [-0.1, -0.05) is 17.7 Å². The smallest absolute Gasteiger partial charge is 0.179 e. The zero-order chi connectivity index (χ0) is 12.0. The molecule has 0 fully saturated rings. The molecule has 0 saturated heterocycles. The Kier molecular flexibility index (Phi) is 2.16. The number of rotatable bonds is 1. The van der Waals surface area contributed by atoms with Crippen LogP contribution >= 0.6 is 11.6 Å². The lowest BCUT2D eigenvalue weighted by Crippen LogP contribution is -1.90. The summed E-state index contributed by atoms with van der Waals surface area (Å²) in [5, 5.41) is 2.67. The van der Waals surface area contributed by atoms with Crippen LogP contribution in [0.1, 0.15) is 17.4 Å². The van der Waals surface area contributed by atoms with Crippen LogP contribution in [0.5, 0.6) is 0 Å². The van der Waals surface area contributed by atoms with E-state index in [9.17, 15) is 4.79 Å². The number of Topliss-reactive ketones (excluding diaryl/α,β-unsaturated/α-hetero) is 1. The zero-order valence-corrected chi connectivity index (χ0v) is 9.90. The maximum Gasteiger partial charge on any atom is 0.179 e. The van der Waals surface area contributed by atoms with Gasteiger partial charge < -0.3 is 4.40 Å². The molecule has 84 valence electrons. The van der Waals surface area contributed by atoms with Crippen molar-refractivity contribution in [1.82, 2.24) is 9.38 Å². The molecule has 17 heavy (non-hydrogen) atoms. The highest BCUT2D eigenvalue weighted by Gasteiger charge is 2.08. The fourth-order valence-corrected chi connectivity index (χ4v) is 2.08. The van der Waals surface area contributed by atoms with Gasteiger partial charge in [0.15, 0.2) is 5.78 Å². The van der Waals surface area contributed by atoms with Gasteiger partial charge in [0.25, 0.3) is 0 Å². The second kappa shape index (κ2) is 3.57. The molecule has 0 radical (unpaired) electrons. The van der Waals surface area contributed by atoms with Crippen LogP contribution in [0.2, 0.25) is 5.02 Å². The molecular formula is C13H9ClN2O. The molecule has 2 aromatic heterocycles. The van der Waals surface area contributed by atoms with Crippen molar-refractivity contribution in [2.45, 2.75) is 6.92 Å². The molecule has 3 nitrogen and oxygen atoms in total. The zero-order valence-electron chi connectivity index (χ0n) is 9.14. The van der Waals surface area contributed by atoms with Crippen LogP contribution in [0.25, 0.3) is 16.4 Å². The van der Waals surface area contributed by atoms with E-state index in [1.165, 1.54) is 6.92 Å². The summed E-state index contributed by atoms with van der Waals surface area (Å²) in [7, 11) is 0. The number of aromatic nitrogens is 2. The molecule has 0 aliphatic heterocycles. The van der Waals surface area contributed by atoms with Gasteiger partial charge in [0, 0.05) is 29.7 Å². The molecule has 3 aromatic rings. The summed E-state index contributed by atoms with van der Waals surface area (Å²) in [4.78, 5) is 15.7. The lowest BCUT2D eigenvalue weighted by atomic mass is 10.2. The number of carbonyl (C=O) groups is 1.